The van der Waals surface area contributed by atoms with Crippen LogP contribution < -0.4 is 20.1 Å². The van der Waals surface area contributed by atoms with E-state index >= 15 is 0 Å². The van der Waals surface area contributed by atoms with Crippen LogP contribution in [0.3, 0.4) is 0 Å². The first-order valence-corrected chi connectivity index (χ1v) is 20.9. The third kappa shape index (κ3) is 7.92. The fraction of sp³-hybridized carbons (Fsp3) is 0.385. The molecular weight excluding hydrogens is 831 g/mol. The normalized spacial score (nSPS) is 22.1. The molecule has 3 amide bonds. The number of rotatable bonds is 13. The van der Waals surface area contributed by atoms with Crippen molar-refractivity contribution in [2.45, 2.75) is 74.7 Å². The average Bonchev–Trinajstić information content (AvgIpc) is 4.11. The van der Waals surface area contributed by atoms with Gasteiger partial charge in [-0.05, 0) is 55.5 Å². The van der Waals surface area contributed by atoms with Crippen LogP contribution in [-0.4, -0.2) is 91.5 Å². The molecule has 1 aromatic carbocycles. The van der Waals surface area contributed by atoms with Crippen molar-refractivity contribution in [3.05, 3.63) is 78.2 Å². The van der Waals surface area contributed by atoms with Crippen LogP contribution in [0.15, 0.2) is 71.9 Å². The number of furan rings is 1. The fourth-order valence-corrected chi connectivity index (χ4v) is 8.75. The number of hydrogen-bond acceptors (Lipinski definition) is 13. The quantitative estimate of drug-likeness (QED) is 0.105. The van der Waals surface area contributed by atoms with Crippen molar-refractivity contribution in [1.82, 2.24) is 39.9 Å². The number of carbonyl (C=O) groups is 3. The summed E-state index contributed by atoms with van der Waals surface area (Å²) in [6.07, 6.45) is -0.422. The van der Waals surface area contributed by atoms with Gasteiger partial charge in [-0.15, -0.1) is 6.58 Å². The summed E-state index contributed by atoms with van der Waals surface area (Å²) >= 11 is 6.09. The molecule has 16 nitrogen and oxygen atoms in total. The van der Waals surface area contributed by atoms with Gasteiger partial charge in [0.1, 0.15) is 39.9 Å². The minimum atomic E-state index is -4.58. The van der Waals surface area contributed by atoms with Crippen LogP contribution in [0.4, 0.5) is 19.1 Å². The van der Waals surface area contributed by atoms with Gasteiger partial charge in [-0.3, -0.25) is 24.1 Å². The highest BCUT2D eigenvalue weighted by molar-refractivity contribution is 7.91. The molecular formula is C39H37ClF3N9O7S. The third-order valence-corrected chi connectivity index (χ3v) is 12.8. The lowest BCUT2D eigenvalue weighted by molar-refractivity contribution is -0.140. The van der Waals surface area contributed by atoms with E-state index in [1.54, 1.807) is 26.0 Å². The Balaban J connectivity index is 1.14. The van der Waals surface area contributed by atoms with E-state index in [2.05, 4.69) is 46.9 Å². The number of sulfonamides is 1. The number of carbonyl (C=O) groups excluding carboxylic acids is 3. The van der Waals surface area contributed by atoms with Crippen molar-refractivity contribution >= 4 is 67.5 Å². The Kier molecular flexibility index (Phi) is 10.4. The topological polar surface area (TPSA) is 211 Å². The van der Waals surface area contributed by atoms with Gasteiger partial charge >= 0.3 is 6.18 Å². The summed E-state index contributed by atoms with van der Waals surface area (Å²) in [6, 6.07) is 6.71. The maximum atomic E-state index is 14.6. The van der Waals surface area contributed by atoms with Crippen molar-refractivity contribution in [2.24, 2.45) is 11.8 Å². The van der Waals surface area contributed by atoms with Crippen LogP contribution in [0.5, 0.6) is 5.88 Å². The minimum absolute atomic E-state index is 0.0105. The third-order valence-electron chi connectivity index (χ3n) is 10.7. The maximum absolute atomic E-state index is 14.6. The van der Waals surface area contributed by atoms with Crippen molar-refractivity contribution in [1.29, 1.82) is 0 Å². The highest BCUT2D eigenvalue weighted by Crippen LogP contribution is 2.46. The summed E-state index contributed by atoms with van der Waals surface area (Å²) in [4.78, 5) is 65.7. The Morgan fingerprint density at radius 2 is 1.80 bits per heavy atom. The first-order chi connectivity index (χ1) is 28.5. The van der Waals surface area contributed by atoms with E-state index in [-0.39, 0.29) is 58.9 Å². The Bertz CT molecular complexity index is 2640. The number of hydrogen-bond donors (Lipinski definition) is 3. The molecule has 21 heteroatoms. The molecule has 2 saturated carbocycles. The molecule has 5 heterocycles. The summed E-state index contributed by atoms with van der Waals surface area (Å²) < 4.78 is 80.5. The number of fused-ring (bicyclic) bond motifs is 3. The molecule has 0 bridgehead atoms. The number of alkyl halides is 3. The summed E-state index contributed by atoms with van der Waals surface area (Å²) in [5.74, 6) is -3.30. The number of benzene rings is 1. The van der Waals surface area contributed by atoms with Crippen LogP contribution in [0.2, 0.25) is 5.15 Å². The van der Waals surface area contributed by atoms with E-state index in [0.717, 1.165) is 12.1 Å². The molecule has 0 spiro atoms. The Labute approximate surface area is 345 Å². The molecule has 8 rings (SSSR count). The molecule has 3 fully saturated rings. The number of ether oxygens (including phenoxy) is 1. The number of anilines is 1. The maximum Gasteiger partial charge on any atom is 0.416 e. The molecule has 1 aliphatic heterocycles. The molecule has 60 heavy (non-hydrogen) atoms. The Morgan fingerprint density at radius 3 is 2.45 bits per heavy atom. The van der Waals surface area contributed by atoms with E-state index in [1.165, 1.54) is 41.6 Å². The Hall–Kier alpha value is -5.89. The molecule has 314 valence electrons. The van der Waals surface area contributed by atoms with Gasteiger partial charge in [0.15, 0.2) is 11.4 Å². The molecule has 5 aromatic rings. The molecule has 3 aliphatic rings. The van der Waals surface area contributed by atoms with Gasteiger partial charge in [0.25, 0.3) is 11.8 Å². The van der Waals surface area contributed by atoms with Gasteiger partial charge in [0.2, 0.25) is 33.4 Å². The number of pyridine rings is 1. The highest BCUT2D eigenvalue weighted by atomic mass is 35.5. The number of amides is 3. The number of nitrogens with one attached hydrogen (secondary N) is 3. The summed E-state index contributed by atoms with van der Waals surface area (Å²) in [6.45, 7) is 7.10. The van der Waals surface area contributed by atoms with Gasteiger partial charge in [-0.2, -0.15) is 18.2 Å². The summed E-state index contributed by atoms with van der Waals surface area (Å²) in [5, 5.41) is 5.18. The van der Waals surface area contributed by atoms with Crippen LogP contribution >= 0.6 is 11.6 Å². The van der Waals surface area contributed by atoms with E-state index < -0.39 is 80.3 Å². The van der Waals surface area contributed by atoms with E-state index in [9.17, 15) is 36.0 Å². The predicted molar refractivity (Wildman–Crippen MR) is 211 cm³/mol. The molecule has 2 aliphatic carbocycles. The first kappa shape index (κ1) is 40.9. The van der Waals surface area contributed by atoms with Crippen LogP contribution in [-0.2, 0) is 30.6 Å². The lowest BCUT2D eigenvalue weighted by atomic mass is 10.0. The SMILES string of the molecule is C=C[C@@H]1C[C@]1(NC(=O)[C@@H]1C[C@@H](Oc2nc(-c3ccc(C(F)(F)F)cc3)nc3c2oc2cccnc23)CN1C(=O)[C@@H](Nc1nccc(Cl)n1)C(C)C)C(=O)NS(=O)(=O)C1CC1. The smallest absolute Gasteiger partial charge is 0.416 e. The van der Waals surface area contributed by atoms with Crippen molar-refractivity contribution in [3.8, 4) is 17.3 Å². The first-order valence-electron chi connectivity index (χ1n) is 18.9. The highest BCUT2D eigenvalue weighted by Gasteiger charge is 2.62. The second-order valence-electron chi connectivity index (χ2n) is 15.3. The molecule has 4 aromatic heterocycles. The largest absolute Gasteiger partial charge is 0.470 e. The predicted octanol–water partition coefficient (Wildman–Crippen LogP) is 5.05. The fourth-order valence-electron chi connectivity index (χ4n) is 7.25. The second-order valence-corrected chi connectivity index (χ2v) is 17.6. The summed E-state index contributed by atoms with van der Waals surface area (Å²) in [7, 11) is -3.97. The Morgan fingerprint density at radius 1 is 1.05 bits per heavy atom. The van der Waals surface area contributed by atoms with Crippen molar-refractivity contribution in [3.63, 3.8) is 0 Å². The zero-order chi connectivity index (χ0) is 42.7. The zero-order valence-electron chi connectivity index (χ0n) is 31.9. The van der Waals surface area contributed by atoms with Gasteiger partial charge in [-0.25, -0.2) is 23.4 Å². The van der Waals surface area contributed by atoms with Gasteiger partial charge < -0.3 is 24.7 Å². The molecule has 0 unspecified atom stereocenters. The van der Waals surface area contributed by atoms with Gasteiger partial charge in [0.05, 0.1) is 17.4 Å². The summed E-state index contributed by atoms with van der Waals surface area (Å²) in [5.41, 5.74) is -1.38. The van der Waals surface area contributed by atoms with Crippen LogP contribution in [0.25, 0.3) is 33.6 Å². The number of halogens is 4. The lowest BCUT2D eigenvalue weighted by Crippen LogP contribution is -2.58. The molecule has 0 radical (unpaired) electrons. The zero-order valence-corrected chi connectivity index (χ0v) is 33.5. The average molecular weight is 868 g/mol. The molecule has 3 N–H and O–H groups in total. The van der Waals surface area contributed by atoms with Crippen LogP contribution in [0, 0.1) is 11.8 Å². The minimum Gasteiger partial charge on any atom is -0.470 e. The van der Waals surface area contributed by atoms with E-state index in [0.29, 0.717) is 23.9 Å². The van der Waals surface area contributed by atoms with Crippen molar-refractivity contribution in [2.75, 3.05) is 11.9 Å². The standard InChI is InChI=1S/C39H37ClF3N9O7S/c1-4-21-17-38(21,36(55)51-60(56,57)24-11-12-24)50-33(53)25-16-23(18-52(25)35(54)28(19(2)3)48-37-45-15-13-27(40)46-37)58-34-31-30(29-26(59-31)6-5-14-44-29)47-32(49-34)20-7-9-22(10-8-20)39(41,42)43/h4-10,13-15,19,21,23-25,28H,1,11-12,16-18H2,2-3H3,(H,50,53)(H,51,55)(H,45,46,48)/t21-,23-,25+,28+,38-/m1/s1. The van der Waals surface area contributed by atoms with Crippen molar-refractivity contribution < 1.29 is 45.1 Å². The van der Waals surface area contributed by atoms with E-state index in [4.69, 9.17) is 20.8 Å². The number of aromatic nitrogens is 5. The molecule has 1 saturated heterocycles. The van der Waals surface area contributed by atoms with E-state index in [1.807, 2.05) is 0 Å². The number of nitrogens with zero attached hydrogens (tertiary/aromatic N) is 6. The number of likely N-dealkylation sites (tertiary alicyclic amines) is 1. The van der Waals surface area contributed by atoms with Crippen LogP contribution in [0.1, 0.15) is 45.1 Å². The lowest BCUT2D eigenvalue weighted by Gasteiger charge is -2.31. The second kappa shape index (κ2) is 15.3. The van der Waals surface area contributed by atoms with Gasteiger partial charge in [0, 0.05) is 30.3 Å². The monoisotopic (exact) mass is 867 g/mol. The van der Waals surface area contributed by atoms with Gasteiger partial charge in [-0.1, -0.05) is 43.7 Å². The molecule has 5 atom stereocenters.